The molecule has 0 saturated heterocycles. The minimum atomic E-state index is 0.626. The smallest absolute Gasteiger partial charge is 0.187 e. The molecule has 2 heterocycles. The number of fused-ring (bicyclic) bond motifs is 11. The van der Waals surface area contributed by atoms with Crippen molar-refractivity contribution in [2.45, 2.75) is 0 Å². The molecule has 13 rings (SSSR count). The Morgan fingerprint density at radius 2 is 0.939 bits per heavy atom. The Hall–Kier alpha value is -8.69. The van der Waals surface area contributed by atoms with Crippen LogP contribution in [0.15, 0.2) is 231 Å². The summed E-state index contributed by atoms with van der Waals surface area (Å²) in [6, 6.07) is 83.0. The lowest BCUT2D eigenvalue weighted by Crippen LogP contribution is -2.12. The molecule has 0 aliphatic rings. The van der Waals surface area contributed by atoms with E-state index in [1.807, 2.05) is 35.6 Å². The quantitative estimate of drug-likeness (QED) is 0.117. The van der Waals surface area contributed by atoms with Crippen LogP contribution in [0.25, 0.3) is 84.8 Å². The van der Waals surface area contributed by atoms with Gasteiger partial charge in [-0.1, -0.05) is 140 Å². The predicted molar refractivity (Wildman–Crippen MR) is 282 cm³/mol. The van der Waals surface area contributed by atoms with Crippen molar-refractivity contribution >= 4 is 125 Å². The van der Waals surface area contributed by atoms with Gasteiger partial charge in [-0.05, 0) is 123 Å². The molecule has 0 unspecified atom stereocenters. The van der Waals surface area contributed by atoms with Gasteiger partial charge in [-0.2, -0.15) is 0 Å². The van der Waals surface area contributed by atoms with Crippen molar-refractivity contribution in [1.29, 1.82) is 0 Å². The van der Waals surface area contributed by atoms with Crippen LogP contribution in [0.5, 0.6) is 0 Å². The van der Waals surface area contributed by atoms with Gasteiger partial charge in [0.15, 0.2) is 5.69 Å². The van der Waals surface area contributed by atoms with Gasteiger partial charge in [-0.15, -0.1) is 11.3 Å². The first-order chi connectivity index (χ1) is 32.7. The summed E-state index contributed by atoms with van der Waals surface area (Å²) >= 11 is 1.87. The second-order valence-electron chi connectivity index (χ2n) is 16.8. The number of hydrogen-bond donors (Lipinski definition) is 0. The molecular formula is C61H38N4S. The number of para-hydroxylation sites is 2. The highest BCUT2D eigenvalue weighted by atomic mass is 32.1. The first kappa shape index (κ1) is 37.8. The third kappa shape index (κ3) is 6.04. The molecule has 0 aliphatic heterocycles. The molecule has 0 amide bonds. The highest BCUT2D eigenvalue weighted by Gasteiger charge is 2.22. The van der Waals surface area contributed by atoms with E-state index in [1.54, 1.807) is 0 Å². The molecule has 13 aromatic rings. The molecule has 0 spiro atoms. The molecule has 0 atom stereocenters. The van der Waals surface area contributed by atoms with Crippen LogP contribution in [-0.4, -0.2) is 4.57 Å². The number of hydrogen-bond acceptors (Lipinski definition) is 3. The normalized spacial score (nSPS) is 11.6. The van der Waals surface area contributed by atoms with Crippen LogP contribution in [-0.2, 0) is 0 Å². The summed E-state index contributed by atoms with van der Waals surface area (Å²) in [6.07, 6.45) is 0. The minimum Gasteiger partial charge on any atom is -0.310 e. The fraction of sp³-hybridized carbons (Fsp3) is 0. The van der Waals surface area contributed by atoms with Crippen molar-refractivity contribution in [3.63, 3.8) is 0 Å². The molecular weight excluding hydrogens is 821 g/mol. The van der Waals surface area contributed by atoms with Crippen molar-refractivity contribution in [3.05, 3.63) is 242 Å². The number of nitrogens with zero attached hydrogens (tertiary/aromatic N) is 4. The lowest BCUT2D eigenvalue weighted by Gasteiger charge is -2.29. The Balaban J connectivity index is 0.990. The van der Waals surface area contributed by atoms with Crippen LogP contribution < -0.4 is 9.80 Å². The first-order valence-electron chi connectivity index (χ1n) is 22.2. The van der Waals surface area contributed by atoms with E-state index in [0.717, 1.165) is 50.8 Å². The number of thiophene rings is 1. The molecule has 11 aromatic carbocycles. The molecule has 0 N–H and O–H groups in total. The lowest BCUT2D eigenvalue weighted by atomic mass is 10.0. The van der Waals surface area contributed by atoms with Crippen molar-refractivity contribution < 1.29 is 0 Å². The van der Waals surface area contributed by atoms with Crippen LogP contribution in [0.1, 0.15) is 0 Å². The van der Waals surface area contributed by atoms with Crippen molar-refractivity contribution in [3.8, 4) is 5.69 Å². The van der Waals surface area contributed by atoms with E-state index in [0.29, 0.717) is 5.69 Å². The molecule has 0 aliphatic carbocycles. The van der Waals surface area contributed by atoms with Gasteiger partial charge in [0.05, 0.1) is 28.0 Å². The van der Waals surface area contributed by atoms with Gasteiger partial charge >= 0.3 is 0 Å². The Labute approximate surface area is 385 Å². The van der Waals surface area contributed by atoms with Gasteiger partial charge in [-0.25, -0.2) is 4.85 Å². The molecule has 0 saturated carbocycles. The third-order valence-corrected chi connectivity index (χ3v) is 14.3. The summed E-state index contributed by atoms with van der Waals surface area (Å²) in [4.78, 5) is 8.44. The summed E-state index contributed by atoms with van der Waals surface area (Å²) < 4.78 is 4.85. The molecule has 0 radical (unpaired) electrons. The standard InChI is InChI=1S/C61H38N4S/c1-62-43-25-27-47(28-26-43)65-56-20-10-9-18-53(56)54-36-34-49(39-58(54)65)63(44-14-3-2-4-15-44)45-29-31-46(32-30-45)64(48-33-35-51-42(38-48)23-22-40-12-5-7-16-50(40)51)57-21-11-19-55-60-52-17-8-6-13-41(52)24-37-59(60)66-61(55)57/h2-39H. The maximum Gasteiger partial charge on any atom is 0.187 e. The van der Waals surface area contributed by atoms with Gasteiger partial charge in [0, 0.05) is 60.4 Å². The molecule has 2 aromatic heterocycles. The van der Waals surface area contributed by atoms with Crippen molar-refractivity contribution in [1.82, 2.24) is 4.57 Å². The largest absolute Gasteiger partial charge is 0.310 e. The Morgan fingerprint density at radius 1 is 0.379 bits per heavy atom. The minimum absolute atomic E-state index is 0.626. The molecule has 5 heteroatoms. The zero-order valence-corrected chi connectivity index (χ0v) is 36.5. The van der Waals surface area contributed by atoms with Crippen molar-refractivity contribution in [2.75, 3.05) is 9.80 Å². The number of rotatable bonds is 7. The Morgan fingerprint density at radius 3 is 1.73 bits per heavy atom. The lowest BCUT2D eigenvalue weighted by molar-refractivity contribution is 1.18. The second kappa shape index (κ2) is 15.2. The molecule has 0 fully saturated rings. The monoisotopic (exact) mass is 858 g/mol. The van der Waals surface area contributed by atoms with Crippen LogP contribution in [0, 0.1) is 6.57 Å². The average Bonchev–Trinajstić information content (AvgIpc) is 3.94. The zero-order chi connectivity index (χ0) is 43.7. The van der Waals surface area contributed by atoms with E-state index in [4.69, 9.17) is 6.57 Å². The van der Waals surface area contributed by atoms with Crippen molar-refractivity contribution in [2.24, 2.45) is 0 Å². The topological polar surface area (TPSA) is 15.8 Å². The summed E-state index contributed by atoms with van der Waals surface area (Å²) in [6.45, 7) is 7.56. The Kier molecular flexibility index (Phi) is 8.74. The summed E-state index contributed by atoms with van der Waals surface area (Å²) in [5.41, 5.74) is 10.3. The SMILES string of the molecule is [C-]#[N+]c1ccc(-n2c3ccccc3c3ccc(N(c4ccccc4)c4ccc(N(c5ccc6c(ccc7ccccc76)c5)c5cccc6c5sc5ccc7ccccc7c56)cc4)cc32)cc1. The van der Waals surface area contributed by atoms with Gasteiger partial charge in [0.2, 0.25) is 0 Å². The van der Waals surface area contributed by atoms with Crippen LogP contribution in [0.4, 0.5) is 39.8 Å². The van der Waals surface area contributed by atoms with E-state index >= 15 is 0 Å². The number of aromatic nitrogens is 1. The predicted octanol–water partition coefficient (Wildman–Crippen LogP) is 18.1. The fourth-order valence-corrected chi connectivity index (χ4v) is 11.3. The van der Waals surface area contributed by atoms with Crippen LogP contribution in [0.3, 0.4) is 0 Å². The molecule has 4 nitrogen and oxygen atoms in total. The van der Waals surface area contributed by atoms with Gasteiger partial charge in [0.25, 0.3) is 0 Å². The molecule has 66 heavy (non-hydrogen) atoms. The Bertz CT molecular complexity index is 4070. The van der Waals surface area contributed by atoms with E-state index in [9.17, 15) is 0 Å². The summed E-state index contributed by atoms with van der Waals surface area (Å²) in [5.74, 6) is 0. The maximum absolute atomic E-state index is 7.56. The van der Waals surface area contributed by atoms with Crippen LogP contribution >= 0.6 is 11.3 Å². The van der Waals surface area contributed by atoms with Crippen LogP contribution in [0.2, 0.25) is 0 Å². The van der Waals surface area contributed by atoms with E-state index in [1.165, 1.54) is 63.3 Å². The fourth-order valence-electron chi connectivity index (χ4n) is 10.1. The van der Waals surface area contributed by atoms with Gasteiger partial charge in [-0.3, -0.25) is 0 Å². The van der Waals surface area contributed by atoms with Gasteiger partial charge < -0.3 is 14.4 Å². The highest BCUT2D eigenvalue weighted by Crippen LogP contribution is 2.48. The highest BCUT2D eigenvalue weighted by molar-refractivity contribution is 7.26. The van der Waals surface area contributed by atoms with E-state index < -0.39 is 0 Å². The number of benzene rings is 11. The first-order valence-corrected chi connectivity index (χ1v) is 23.0. The number of anilines is 6. The summed E-state index contributed by atoms with van der Waals surface area (Å²) in [5, 5.41) is 12.4. The maximum atomic E-state index is 7.56. The van der Waals surface area contributed by atoms with Gasteiger partial charge in [0.1, 0.15) is 0 Å². The average molecular weight is 859 g/mol. The second-order valence-corrected chi connectivity index (χ2v) is 17.9. The third-order valence-electron chi connectivity index (χ3n) is 13.1. The van der Waals surface area contributed by atoms with E-state index in [2.05, 4.69) is 225 Å². The molecule has 0 bridgehead atoms. The van der Waals surface area contributed by atoms with E-state index in [-0.39, 0.29) is 0 Å². The molecule has 308 valence electrons. The summed E-state index contributed by atoms with van der Waals surface area (Å²) in [7, 11) is 0. The zero-order valence-electron chi connectivity index (χ0n) is 35.6.